The normalized spacial score (nSPS) is 13.3. The number of para-hydroxylation sites is 2. The highest BCUT2D eigenvalue weighted by Crippen LogP contribution is 2.44. The van der Waals surface area contributed by atoms with E-state index in [2.05, 4.69) is 170 Å². The van der Waals surface area contributed by atoms with Crippen molar-refractivity contribution in [2.24, 2.45) is 0 Å². The maximum absolute atomic E-state index is 6.36. The van der Waals surface area contributed by atoms with Gasteiger partial charge >= 0.3 is 0 Å². The molecule has 8 aromatic carbocycles. The summed E-state index contributed by atoms with van der Waals surface area (Å²) in [5.74, 6) is 0. The zero-order chi connectivity index (χ0) is 34.6. The van der Waals surface area contributed by atoms with Crippen LogP contribution in [0.4, 0.5) is 17.1 Å². The fourth-order valence-corrected chi connectivity index (χ4v) is 11.8. The molecule has 0 bridgehead atoms. The van der Waals surface area contributed by atoms with Crippen LogP contribution < -0.4 is 15.3 Å². The third kappa shape index (κ3) is 4.19. The predicted octanol–water partition coefficient (Wildman–Crippen LogP) is 12.6. The first kappa shape index (κ1) is 29.4. The Hall–Kier alpha value is -6.36. The summed E-state index contributed by atoms with van der Waals surface area (Å²) in [6, 6.07) is 59.2. The van der Waals surface area contributed by atoms with Gasteiger partial charge in [-0.3, -0.25) is 0 Å². The van der Waals surface area contributed by atoms with Crippen LogP contribution in [0.2, 0.25) is 13.1 Å². The van der Waals surface area contributed by atoms with E-state index in [4.69, 9.17) is 8.83 Å². The number of fused-ring (bicyclic) bond motifs is 11. The summed E-state index contributed by atoms with van der Waals surface area (Å²) in [5, 5.41) is 10.1. The molecule has 0 spiro atoms. The van der Waals surface area contributed by atoms with Crippen molar-refractivity contribution in [2.45, 2.75) is 13.1 Å². The van der Waals surface area contributed by atoms with Crippen LogP contribution in [0.25, 0.3) is 76.9 Å². The first-order chi connectivity index (χ1) is 25.5. The van der Waals surface area contributed by atoms with Crippen LogP contribution in [0.15, 0.2) is 173 Å². The van der Waals surface area contributed by atoms with Crippen LogP contribution in [0.5, 0.6) is 0 Å². The molecule has 0 aliphatic carbocycles. The van der Waals surface area contributed by atoms with Gasteiger partial charge in [-0.15, -0.1) is 0 Å². The van der Waals surface area contributed by atoms with Gasteiger partial charge in [-0.05, 0) is 104 Å². The first-order valence-electron chi connectivity index (χ1n) is 17.9. The molecule has 0 N–H and O–H groups in total. The molecule has 4 heteroatoms. The number of anilines is 3. The first-order valence-corrected chi connectivity index (χ1v) is 20.9. The molecule has 1 aliphatic rings. The molecular formula is C48H33NO2Si. The molecule has 0 radical (unpaired) electrons. The zero-order valence-corrected chi connectivity index (χ0v) is 29.9. The summed E-state index contributed by atoms with van der Waals surface area (Å²) < 4.78 is 12.6. The molecule has 10 aromatic rings. The molecule has 3 heterocycles. The van der Waals surface area contributed by atoms with E-state index in [0.29, 0.717) is 0 Å². The number of hydrogen-bond acceptors (Lipinski definition) is 3. The van der Waals surface area contributed by atoms with Crippen LogP contribution in [0.3, 0.4) is 0 Å². The minimum atomic E-state index is -2.07. The van der Waals surface area contributed by atoms with Gasteiger partial charge in [-0.1, -0.05) is 116 Å². The van der Waals surface area contributed by atoms with E-state index in [9.17, 15) is 0 Å². The van der Waals surface area contributed by atoms with Crippen LogP contribution >= 0.6 is 0 Å². The highest BCUT2D eigenvalue weighted by atomic mass is 28.3. The van der Waals surface area contributed by atoms with Crippen LogP contribution in [0, 0.1) is 0 Å². The number of benzene rings is 8. The van der Waals surface area contributed by atoms with E-state index >= 15 is 0 Å². The molecule has 11 rings (SSSR count). The second-order valence-corrected chi connectivity index (χ2v) is 18.8. The maximum Gasteiger partial charge on any atom is 0.136 e. The largest absolute Gasteiger partial charge is 0.456 e. The second-order valence-electron chi connectivity index (χ2n) is 14.5. The van der Waals surface area contributed by atoms with Gasteiger partial charge < -0.3 is 13.7 Å². The third-order valence-corrected chi connectivity index (χ3v) is 14.8. The van der Waals surface area contributed by atoms with Crippen molar-refractivity contribution in [3.8, 4) is 22.3 Å². The number of nitrogens with zero attached hydrogens (tertiary/aromatic N) is 1. The number of hydrogen-bond donors (Lipinski definition) is 0. The van der Waals surface area contributed by atoms with E-state index in [-0.39, 0.29) is 0 Å². The summed E-state index contributed by atoms with van der Waals surface area (Å²) in [5.41, 5.74) is 12.1. The Bertz CT molecular complexity index is 3050. The van der Waals surface area contributed by atoms with Crippen molar-refractivity contribution in [2.75, 3.05) is 4.90 Å². The minimum absolute atomic E-state index is 0.894. The molecule has 0 atom stereocenters. The Balaban J connectivity index is 1.11. The topological polar surface area (TPSA) is 29.5 Å². The lowest BCUT2D eigenvalue weighted by atomic mass is 9.97. The highest BCUT2D eigenvalue weighted by Gasteiger charge is 2.39. The van der Waals surface area contributed by atoms with E-state index in [1.165, 1.54) is 54.2 Å². The molecule has 0 unspecified atom stereocenters. The van der Waals surface area contributed by atoms with Gasteiger partial charge in [-0.25, -0.2) is 0 Å². The quantitative estimate of drug-likeness (QED) is 0.173. The summed E-state index contributed by atoms with van der Waals surface area (Å²) in [6.45, 7) is 4.98. The van der Waals surface area contributed by atoms with Gasteiger partial charge in [-0.2, -0.15) is 0 Å². The summed E-state index contributed by atoms with van der Waals surface area (Å²) in [6.07, 6.45) is 0. The Morgan fingerprint density at radius 2 is 1.04 bits per heavy atom. The van der Waals surface area contributed by atoms with Gasteiger partial charge in [0, 0.05) is 38.6 Å². The monoisotopic (exact) mass is 683 g/mol. The average Bonchev–Trinajstić information content (AvgIpc) is 3.82. The van der Waals surface area contributed by atoms with E-state index in [1.54, 1.807) is 0 Å². The van der Waals surface area contributed by atoms with Crippen molar-refractivity contribution in [3.63, 3.8) is 0 Å². The Labute approximate surface area is 302 Å². The van der Waals surface area contributed by atoms with Gasteiger partial charge in [0.1, 0.15) is 30.4 Å². The summed E-state index contributed by atoms with van der Waals surface area (Å²) >= 11 is 0. The summed E-state index contributed by atoms with van der Waals surface area (Å²) in [7, 11) is -2.07. The Kier molecular flexibility index (Phi) is 6.11. The van der Waals surface area contributed by atoms with Crippen molar-refractivity contribution < 1.29 is 8.83 Å². The molecule has 1 aliphatic heterocycles. The van der Waals surface area contributed by atoms with Crippen molar-refractivity contribution >= 4 is 90.2 Å². The molecule has 3 nitrogen and oxygen atoms in total. The van der Waals surface area contributed by atoms with Gasteiger partial charge in [0.05, 0.1) is 0 Å². The fraction of sp³-hybridized carbons (Fsp3) is 0.0417. The lowest BCUT2D eigenvalue weighted by Gasteiger charge is -2.28. The molecule has 0 saturated heterocycles. The third-order valence-electron chi connectivity index (χ3n) is 11.3. The van der Waals surface area contributed by atoms with E-state index in [1.807, 2.05) is 12.1 Å². The average molecular weight is 684 g/mol. The fourth-order valence-electron chi connectivity index (χ4n) is 8.74. The summed E-state index contributed by atoms with van der Waals surface area (Å²) in [4.78, 5) is 2.41. The van der Waals surface area contributed by atoms with E-state index in [0.717, 1.165) is 50.2 Å². The molecule has 246 valence electrons. The second kappa shape index (κ2) is 10.8. The van der Waals surface area contributed by atoms with Crippen LogP contribution in [-0.4, -0.2) is 8.07 Å². The van der Waals surface area contributed by atoms with Gasteiger partial charge in [0.25, 0.3) is 0 Å². The van der Waals surface area contributed by atoms with E-state index < -0.39 is 8.07 Å². The lowest BCUT2D eigenvalue weighted by molar-refractivity contribution is 0.668. The smallest absolute Gasteiger partial charge is 0.136 e. The maximum atomic E-state index is 6.36. The lowest BCUT2D eigenvalue weighted by Crippen LogP contribution is -2.49. The predicted molar refractivity (Wildman–Crippen MR) is 221 cm³/mol. The minimum Gasteiger partial charge on any atom is -0.456 e. The molecule has 0 amide bonds. The van der Waals surface area contributed by atoms with Crippen molar-refractivity contribution in [1.29, 1.82) is 0 Å². The van der Waals surface area contributed by atoms with Crippen LogP contribution in [-0.2, 0) is 0 Å². The van der Waals surface area contributed by atoms with Crippen molar-refractivity contribution in [3.05, 3.63) is 164 Å². The Morgan fingerprint density at radius 1 is 0.423 bits per heavy atom. The standard InChI is InChI=1S/C48H33NO2Si/c1-52(2)45-27-26-44-47(38-14-6-8-17-42(38)51-44)48(45)39-24-22-34(29-46(39)52)49(33-23-25-43-40(28-33)37-13-5-7-16-41(37)50-43)32-20-18-31(19-21-32)36-15-9-11-30-10-3-4-12-35(30)36/h3-29H,1-2H3. The van der Waals surface area contributed by atoms with Gasteiger partial charge in [0.2, 0.25) is 0 Å². The molecular weight excluding hydrogens is 651 g/mol. The van der Waals surface area contributed by atoms with Crippen molar-refractivity contribution in [1.82, 2.24) is 0 Å². The number of furan rings is 2. The van der Waals surface area contributed by atoms with Gasteiger partial charge in [0.15, 0.2) is 0 Å². The molecule has 0 saturated carbocycles. The number of rotatable bonds is 4. The molecule has 2 aromatic heterocycles. The highest BCUT2D eigenvalue weighted by molar-refractivity contribution is 7.04. The molecule has 52 heavy (non-hydrogen) atoms. The molecule has 0 fully saturated rings. The SMILES string of the molecule is C[Si]1(C)c2cc(N(c3ccc(-c4cccc5ccccc45)cc3)c3ccc4oc5ccccc5c4c3)ccc2-c2c1ccc1oc3ccccc3c21. The van der Waals surface area contributed by atoms with Crippen LogP contribution in [0.1, 0.15) is 0 Å². The zero-order valence-electron chi connectivity index (χ0n) is 28.9. The Morgan fingerprint density at radius 3 is 1.88 bits per heavy atom.